The molecule has 0 aromatic heterocycles. The van der Waals surface area contributed by atoms with Crippen LogP contribution in [-0.4, -0.2) is 80.3 Å². The van der Waals surface area contributed by atoms with E-state index in [0.717, 1.165) is 12.8 Å². The molecular formula is C13H28O8. The van der Waals surface area contributed by atoms with E-state index in [9.17, 15) is 9.59 Å². The molecule has 128 valence electrons. The molecule has 0 aliphatic rings. The normalized spacial score (nSPS) is 15.3. The minimum Gasteiger partial charge on any atom is -0.396 e. The van der Waals surface area contributed by atoms with Gasteiger partial charge >= 0.3 is 0 Å². The number of unbranched alkanes of at least 4 members (excludes halogenated alkanes) is 1. The highest BCUT2D eigenvalue weighted by atomic mass is 16.4. The largest absolute Gasteiger partial charge is 0.396 e. The third kappa shape index (κ3) is 19.1. The van der Waals surface area contributed by atoms with Gasteiger partial charge in [-0.2, -0.15) is 0 Å². The maximum atomic E-state index is 9.90. The van der Waals surface area contributed by atoms with Crippen molar-refractivity contribution in [2.24, 2.45) is 0 Å². The molecule has 0 amide bonds. The lowest BCUT2D eigenvalue weighted by Gasteiger charge is -2.22. The Morgan fingerprint density at radius 2 is 1.48 bits per heavy atom. The number of hydrogen-bond acceptors (Lipinski definition) is 8. The predicted molar refractivity (Wildman–Crippen MR) is 75.5 cm³/mol. The Kier molecular flexibility index (Phi) is 20.5. The number of rotatable bonds is 7. The molecule has 0 aromatic rings. The Morgan fingerprint density at radius 1 is 1.05 bits per heavy atom. The molecule has 6 N–H and O–H groups in total. The fraction of sp³-hybridized carbons (Fsp3) is 0.846. The third-order valence-electron chi connectivity index (χ3n) is 1.93. The van der Waals surface area contributed by atoms with Gasteiger partial charge in [-0.05, 0) is 20.3 Å². The van der Waals surface area contributed by atoms with Crippen molar-refractivity contribution < 1.29 is 40.2 Å². The quantitative estimate of drug-likeness (QED) is 0.295. The van der Waals surface area contributed by atoms with Crippen LogP contribution < -0.4 is 0 Å². The Bertz CT molecular complexity index is 240. The van der Waals surface area contributed by atoms with E-state index in [4.69, 9.17) is 30.6 Å². The fourth-order valence-corrected chi connectivity index (χ4v) is 0.776. The van der Waals surface area contributed by atoms with Gasteiger partial charge < -0.3 is 40.2 Å². The second-order valence-corrected chi connectivity index (χ2v) is 4.34. The summed E-state index contributed by atoms with van der Waals surface area (Å²) in [6, 6.07) is 0. The minimum absolute atomic E-state index is 0.0258. The van der Waals surface area contributed by atoms with Crippen molar-refractivity contribution in [1.29, 1.82) is 0 Å². The van der Waals surface area contributed by atoms with Gasteiger partial charge in [-0.15, -0.1) is 0 Å². The third-order valence-corrected chi connectivity index (χ3v) is 1.93. The summed E-state index contributed by atoms with van der Waals surface area (Å²) in [5.74, 6) is 0.167. The molecule has 0 heterocycles. The lowest BCUT2D eigenvalue weighted by molar-refractivity contribution is -0.136. The zero-order valence-corrected chi connectivity index (χ0v) is 12.7. The van der Waals surface area contributed by atoms with Crippen LogP contribution >= 0.6 is 0 Å². The van der Waals surface area contributed by atoms with Gasteiger partial charge in [0.15, 0.2) is 6.29 Å². The fourth-order valence-electron chi connectivity index (χ4n) is 0.776. The van der Waals surface area contributed by atoms with Crippen molar-refractivity contribution in [3.8, 4) is 0 Å². The molecule has 0 rings (SSSR count). The minimum atomic E-state index is -1.79. The average Bonchev–Trinajstić information content (AvgIpc) is 2.44. The first-order valence-electron chi connectivity index (χ1n) is 6.55. The lowest BCUT2D eigenvalue weighted by Crippen LogP contribution is -2.46. The van der Waals surface area contributed by atoms with E-state index in [-0.39, 0.29) is 12.1 Å². The zero-order chi connectivity index (χ0) is 17.4. The summed E-state index contributed by atoms with van der Waals surface area (Å²) >= 11 is 0. The average molecular weight is 312 g/mol. The van der Waals surface area contributed by atoms with Crippen molar-refractivity contribution in [3.63, 3.8) is 0 Å². The predicted octanol–water partition coefficient (Wildman–Crippen LogP) is -2.00. The summed E-state index contributed by atoms with van der Waals surface area (Å²) in [5.41, 5.74) is 0. The van der Waals surface area contributed by atoms with Crippen LogP contribution in [0.2, 0.25) is 0 Å². The maximum Gasteiger partial charge on any atom is 0.151 e. The molecule has 0 radical (unpaired) electrons. The summed E-state index contributed by atoms with van der Waals surface area (Å²) in [5, 5.41) is 51.6. The second-order valence-electron chi connectivity index (χ2n) is 4.34. The molecule has 0 aromatic carbocycles. The molecule has 0 saturated heterocycles. The van der Waals surface area contributed by atoms with Gasteiger partial charge in [0.25, 0.3) is 0 Å². The Labute approximate surface area is 124 Å². The summed E-state index contributed by atoms with van der Waals surface area (Å²) in [6.07, 6.45) is -4.80. The first kappa shape index (κ1) is 25.1. The molecule has 4 atom stereocenters. The summed E-state index contributed by atoms with van der Waals surface area (Å²) in [7, 11) is 0. The highest BCUT2D eigenvalue weighted by Crippen LogP contribution is 2.02. The monoisotopic (exact) mass is 312 g/mol. The number of hydrogen-bond donors (Lipinski definition) is 6. The Hall–Kier alpha value is -0.900. The van der Waals surface area contributed by atoms with Crippen molar-refractivity contribution in [3.05, 3.63) is 0 Å². The van der Waals surface area contributed by atoms with Crippen LogP contribution in [0, 0.1) is 0 Å². The van der Waals surface area contributed by atoms with Crippen molar-refractivity contribution in [1.82, 2.24) is 0 Å². The van der Waals surface area contributed by atoms with Crippen LogP contribution in [0.25, 0.3) is 0 Å². The van der Waals surface area contributed by atoms with Gasteiger partial charge in [-0.1, -0.05) is 13.3 Å². The van der Waals surface area contributed by atoms with Gasteiger partial charge in [0.2, 0.25) is 0 Å². The van der Waals surface area contributed by atoms with Crippen molar-refractivity contribution in [2.75, 3.05) is 13.2 Å². The van der Waals surface area contributed by atoms with Gasteiger partial charge in [0.05, 0.1) is 6.61 Å². The van der Waals surface area contributed by atoms with Crippen LogP contribution in [0.15, 0.2) is 0 Å². The smallest absolute Gasteiger partial charge is 0.151 e. The van der Waals surface area contributed by atoms with Crippen molar-refractivity contribution in [2.45, 2.75) is 58.0 Å². The molecule has 0 aliphatic heterocycles. The number of aliphatic hydroxyl groups is 6. The van der Waals surface area contributed by atoms with Crippen LogP contribution in [0.1, 0.15) is 33.6 Å². The standard InChI is InChI=1S/C6H12O6.C4H10O.C3H6O/c7-1-3(9)5(11)6(12)4(10)2-8;1-2-3-4-5;1-3(2)4/h1,3-6,8-12H,2H2;5H,2-4H2,1H3;1-2H3. The number of carbonyl (C=O) groups excluding carboxylic acids is 2. The van der Waals surface area contributed by atoms with E-state index in [2.05, 4.69) is 6.92 Å². The summed E-state index contributed by atoms with van der Waals surface area (Å²) < 4.78 is 0. The first-order valence-corrected chi connectivity index (χ1v) is 6.55. The van der Waals surface area contributed by atoms with Gasteiger partial charge in [0, 0.05) is 6.61 Å². The number of carbonyl (C=O) groups is 2. The van der Waals surface area contributed by atoms with E-state index in [1.165, 1.54) is 13.8 Å². The summed E-state index contributed by atoms with van der Waals surface area (Å²) in [6.45, 7) is 4.69. The molecular weight excluding hydrogens is 284 g/mol. The molecule has 4 unspecified atom stereocenters. The molecule has 0 spiro atoms. The number of aldehydes is 1. The van der Waals surface area contributed by atoms with Gasteiger partial charge in [-0.25, -0.2) is 0 Å². The number of ketones is 1. The van der Waals surface area contributed by atoms with E-state index in [0.29, 0.717) is 6.61 Å². The first-order chi connectivity index (χ1) is 9.69. The molecule has 0 fully saturated rings. The van der Waals surface area contributed by atoms with E-state index >= 15 is 0 Å². The molecule has 0 saturated carbocycles. The van der Waals surface area contributed by atoms with Crippen LogP contribution in [0.3, 0.4) is 0 Å². The summed E-state index contributed by atoms with van der Waals surface area (Å²) in [4.78, 5) is 19.3. The second kappa shape index (κ2) is 17.2. The van der Waals surface area contributed by atoms with E-state index in [1.807, 2.05) is 0 Å². The van der Waals surface area contributed by atoms with E-state index in [1.54, 1.807) is 0 Å². The van der Waals surface area contributed by atoms with Crippen LogP contribution in [0.5, 0.6) is 0 Å². The van der Waals surface area contributed by atoms with Crippen LogP contribution in [0.4, 0.5) is 0 Å². The Morgan fingerprint density at radius 3 is 1.67 bits per heavy atom. The SMILES string of the molecule is CC(C)=O.CCCCO.O=CC(O)C(O)C(O)C(O)CO. The molecule has 8 nitrogen and oxygen atoms in total. The molecule has 8 heteroatoms. The lowest BCUT2D eigenvalue weighted by atomic mass is 10.0. The highest BCUT2D eigenvalue weighted by Gasteiger charge is 2.29. The molecule has 21 heavy (non-hydrogen) atoms. The van der Waals surface area contributed by atoms with Gasteiger partial charge in [0.1, 0.15) is 30.2 Å². The van der Waals surface area contributed by atoms with Crippen molar-refractivity contribution >= 4 is 12.1 Å². The number of aliphatic hydroxyl groups excluding tert-OH is 6. The zero-order valence-electron chi connectivity index (χ0n) is 12.7. The molecule has 0 aliphatic carbocycles. The van der Waals surface area contributed by atoms with Crippen LogP contribution in [-0.2, 0) is 9.59 Å². The maximum absolute atomic E-state index is 9.90. The highest BCUT2D eigenvalue weighted by molar-refractivity contribution is 5.72. The topological polar surface area (TPSA) is 156 Å². The Balaban J connectivity index is -0.000000297. The molecule has 0 bridgehead atoms. The van der Waals surface area contributed by atoms with E-state index < -0.39 is 31.0 Å². The number of Topliss-reactive ketones (excluding diaryl/α,β-unsaturated/α-hetero) is 1. The van der Waals surface area contributed by atoms with Gasteiger partial charge in [-0.3, -0.25) is 0 Å².